The highest BCUT2D eigenvalue weighted by Gasteiger charge is 2.32. The Morgan fingerprint density at radius 2 is 1.92 bits per heavy atom. The number of carbonyl (C=O) groups is 1. The van der Waals surface area contributed by atoms with E-state index in [1.165, 1.54) is 12.1 Å². The van der Waals surface area contributed by atoms with Gasteiger partial charge in [-0.05, 0) is 18.2 Å². The number of hydrogen-bond donors (Lipinski definition) is 1. The van der Waals surface area contributed by atoms with Gasteiger partial charge >= 0.3 is 6.18 Å². The summed E-state index contributed by atoms with van der Waals surface area (Å²) in [5.41, 5.74) is -0.910. The molecule has 0 saturated carbocycles. The zero-order chi connectivity index (χ0) is 18.4. The maximum atomic E-state index is 12.6. The molecule has 0 radical (unpaired) electrons. The van der Waals surface area contributed by atoms with Gasteiger partial charge in [0, 0.05) is 11.1 Å². The van der Waals surface area contributed by atoms with Gasteiger partial charge in [0.15, 0.2) is 5.16 Å². The van der Waals surface area contributed by atoms with E-state index in [0.29, 0.717) is 11.8 Å². The number of carbonyl (C=O) groups excluding carboxylic acids is 1. The molecule has 0 spiro atoms. The Balaban J connectivity index is 1.98. The molecule has 0 bridgehead atoms. The summed E-state index contributed by atoms with van der Waals surface area (Å²) < 4.78 is 62.6. The molecule has 2 aromatic rings. The van der Waals surface area contributed by atoms with Crippen LogP contribution < -0.4 is 5.32 Å². The highest BCUT2D eigenvalue weighted by Crippen LogP contribution is 2.32. The van der Waals surface area contributed by atoms with Crippen molar-refractivity contribution in [2.75, 3.05) is 11.1 Å². The standard InChI is InChI=1S/C14H10F5N3OS2/c15-12(16)25-9-4-2-1-3-8(9)21-11(23)7-24-13-20-6-5-10(22-13)14(17,18)19/h1-6,12H,7H2,(H,21,23). The number of nitrogens with one attached hydrogen (secondary N) is 1. The fourth-order valence-corrected chi connectivity index (χ4v) is 2.88. The maximum Gasteiger partial charge on any atom is 0.433 e. The van der Waals surface area contributed by atoms with Gasteiger partial charge < -0.3 is 5.32 Å². The summed E-state index contributed by atoms with van der Waals surface area (Å²) in [4.78, 5) is 19.1. The van der Waals surface area contributed by atoms with Crippen molar-refractivity contribution in [3.8, 4) is 0 Å². The Morgan fingerprint density at radius 3 is 2.60 bits per heavy atom. The largest absolute Gasteiger partial charge is 0.433 e. The second-order valence-corrected chi connectivity index (χ2v) is 6.41. The van der Waals surface area contributed by atoms with Crippen LogP contribution in [0, 0.1) is 0 Å². The third-order valence-electron chi connectivity index (χ3n) is 2.63. The van der Waals surface area contributed by atoms with Crippen LogP contribution in [0.1, 0.15) is 5.69 Å². The topological polar surface area (TPSA) is 54.9 Å². The molecule has 0 aliphatic heterocycles. The normalized spacial score (nSPS) is 11.6. The number of anilines is 1. The van der Waals surface area contributed by atoms with Crippen molar-refractivity contribution < 1.29 is 26.7 Å². The van der Waals surface area contributed by atoms with E-state index >= 15 is 0 Å². The van der Waals surface area contributed by atoms with Crippen LogP contribution >= 0.6 is 23.5 Å². The first-order chi connectivity index (χ1) is 11.8. The molecule has 1 heterocycles. The van der Waals surface area contributed by atoms with E-state index in [1.54, 1.807) is 12.1 Å². The summed E-state index contributed by atoms with van der Waals surface area (Å²) in [5, 5.41) is 2.23. The number of para-hydroxylation sites is 1. The maximum absolute atomic E-state index is 12.6. The third kappa shape index (κ3) is 6.16. The van der Waals surface area contributed by atoms with Gasteiger partial charge in [-0.2, -0.15) is 22.0 Å². The molecular formula is C14H10F5N3OS2. The van der Waals surface area contributed by atoms with Crippen molar-refractivity contribution in [1.29, 1.82) is 0 Å². The van der Waals surface area contributed by atoms with Crippen LogP contribution in [0.15, 0.2) is 46.6 Å². The quantitative estimate of drug-likeness (QED) is 0.442. The smallest absolute Gasteiger partial charge is 0.324 e. The fourth-order valence-electron chi connectivity index (χ4n) is 1.65. The third-order valence-corrected chi connectivity index (χ3v) is 4.28. The van der Waals surface area contributed by atoms with E-state index in [1.807, 2.05) is 0 Å². The lowest BCUT2D eigenvalue weighted by Crippen LogP contribution is -2.15. The minimum atomic E-state index is -4.61. The molecule has 11 heteroatoms. The first-order valence-corrected chi connectivity index (χ1v) is 8.49. The molecule has 0 unspecified atom stereocenters. The van der Waals surface area contributed by atoms with Crippen molar-refractivity contribution in [2.45, 2.75) is 22.0 Å². The van der Waals surface area contributed by atoms with Crippen LogP contribution in [0.2, 0.25) is 0 Å². The van der Waals surface area contributed by atoms with Gasteiger partial charge in [0.1, 0.15) is 5.69 Å². The van der Waals surface area contributed by atoms with Crippen LogP contribution in [-0.4, -0.2) is 27.4 Å². The first-order valence-electron chi connectivity index (χ1n) is 6.62. The molecule has 1 aromatic carbocycles. The van der Waals surface area contributed by atoms with E-state index in [9.17, 15) is 26.7 Å². The van der Waals surface area contributed by atoms with Crippen LogP contribution in [0.4, 0.5) is 27.6 Å². The highest BCUT2D eigenvalue weighted by atomic mass is 32.2. The number of amides is 1. The number of thioether (sulfide) groups is 2. The zero-order valence-corrected chi connectivity index (χ0v) is 13.9. The monoisotopic (exact) mass is 395 g/mol. The van der Waals surface area contributed by atoms with Crippen molar-refractivity contribution in [1.82, 2.24) is 9.97 Å². The van der Waals surface area contributed by atoms with Crippen LogP contribution in [0.25, 0.3) is 0 Å². The van der Waals surface area contributed by atoms with Crippen molar-refractivity contribution >= 4 is 35.1 Å². The first kappa shape index (κ1) is 19.4. The van der Waals surface area contributed by atoms with E-state index in [-0.39, 0.29) is 33.3 Å². The van der Waals surface area contributed by atoms with Crippen LogP contribution in [-0.2, 0) is 11.0 Å². The Bertz CT molecular complexity index is 742. The molecule has 25 heavy (non-hydrogen) atoms. The minimum absolute atomic E-state index is 0.186. The Kier molecular flexibility index (Phi) is 6.59. The predicted octanol–water partition coefficient (Wildman–Crippen LogP) is 4.54. The Morgan fingerprint density at radius 1 is 1.20 bits per heavy atom. The summed E-state index contributed by atoms with van der Waals surface area (Å²) in [5.74, 6) is -3.49. The number of aromatic nitrogens is 2. The van der Waals surface area contributed by atoms with Gasteiger partial charge in [0.05, 0.1) is 11.4 Å². The summed E-state index contributed by atoms with van der Waals surface area (Å²) in [6.07, 6.45) is -3.66. The van der Waals surface area contributed by atoms with Gasteiger partial charge in [-0.15, -0.1) is 0 Å². The molecule has 1 aromatic heterocycles. The Hall–Kier alpha value is -1.88. The lowest BCUT2D eigenvalue weighted by molar-refractivity contribution is -0.141. The average Bonchev–Trinajstić information content (AvgIpc) is 2.54. The Labute approximate surface area is 147 Å². The van der Waals surface area contributed by atoms with E-state index < -0.39 is 23.5 Å². The zero-order valence-electron chi connectivity index (χ0n) is 12.3. The number of rotatable bonds is 6. The van der Waals surface area contributed by atoms with Gasteiger partial charge in [0.2, 0.25) is 5.91 Å². The molecule has 0 aliphatic rings. The van der Waals surface area contributed by atoms with E-state index in [2.05, 4.69) is 15.3 Å². The van der Waals surface area contributed by atoms with Gasteiger partial charge in [0.25, 0.3) is 5.76 Å². The average molecular weight is 395 g/mol. The highest BCUT2D eigenvalue weighted by molar-refractivity contribution is 8.00. The minimum Gasteiger partial charge on any atom is -0.324 e. The van der Waals surface area contributed by atoms with E-state index in [0.717, 1.165) is 12.3 Å². The molecule has 4 nitrogen and oxygen atoms in total. The molecule has 0 fully saturated rings. The number of alkyl halides is 5. The van der Waals surface area contributed by atoms with Crippen molar-refractivity contribution in [2.24, 2.45) is 0 Å². The number of hydrogen-bond acceptors (Lipinski definition) is 5. The fraction of sp³-hybridized carbons (Fsp3) is 0.214. The number of halogens is 5. The lowest BCUT2D eigenvalue weighted by atomic mass is 10.3. The summed E-state index contributed by atoms with van der Waals surface area (Å²) in [6, 6.07) is 6.71. The molecular weight excluding hydrogens is 385 g/mol. The van der Waals surface area contributed by atoms with Crippen molar-refractivity contribution in [3.63, 3.8) is 0 Å². The van der Waals surface area contributed by atoms with E-state index in [4.69, 9.17) is 0 Å². The molecule has 1 N–H and O–H groups in total. The molecule has 134 valence electrons. The molecule has 1 amide bonds. The summed E-state index contributed by atoms with van der Waals surface area (Å²) in [7, 11) is 0. The predicted molar refractivity (Wildman–Crippen MR) is 84.7 cm³/mol. The molecule has 0 saturated heterocycles. The molecule has 2 rings (SSSR count). The van der Waals surface area contributed by atoms with Crippen LogP contribution in [0.5, 0.6) is 0 Å². The molecule has 0 atom stereocenters. The lowest BCUT2D eigenvalue weighted by Gasteiger charge is -2.10. The van der Waals surface area contributed by atoms with Crippen molar-refractivity contribution in [3.05, 3.63) is 42.2 Å². The second-order valence-electron chi connectivity index (χ2n) is 4.43. The summed E-state index contributed by atoms with van der Waals surface area (Å²) in [6.45, 7) is 0. The SMILES string of the molecule is O=C(CSc1nccc(C(F)(F)F)n1)Nc1ccccc1SC(F)F. The summed E-state index contributed by atoms with van der Waals surface area (Å²) >= 11 is 0.990. The van der Waals surface area contributed by atoms with Gasteiger partial charge in [-0.1, -0.05) is 35.7 Å². The number of benzene rings is 1. The second kappa shape index (κ2) is 8.48. The van der Waals surface area contributed by atoms with Gasteiger partial charge in [-0.25, -0.2) is 9.97 Å². The van der Waals surface area contributed by atoms with Crippen LogP contribution in [0.3, 0.4) is 0 Å². The number of nitrogens with zero attached hydrogens (tertiary/aromatic N) is 2. The van der Waals surface area contributed by atoms with Gasteiger partial charge in [-0.3, -0.25) is 4.79 Å². The molecule has 0 aliphatic carbocycles.